The molecule has 0 radical (unpaired) electrons. The van der Waals surface area contributed by atoms with E-state index < -0.39 is 5.95 Å². The second kappa shape index (κ2) is 8.65. The van der Waals surface area contributed by atoms with E-state index in [4.69, 9.17) is 5.10 Å². The minimum Gasteiger partial charge on any atom is -0.353 e. The summed E-state index contributed by atoms with van der Waals surface area (Å²) in [5.41, 5.74) is 3.66. The molecule has 1 saturated heterocycles. The van der Waals surface area contributed by atoms with Gasteiger partial charge in [0.25, 0.3) is 0 Å². The number of amides is 1. The van der Waals surface area contributed by atoms with Crippen molar-refractivity contribution in [3.8, 4) is 16.9 Å². The van der Waals surface area contributed by atoms with Gasteiger partial charge in [-0.05, 0) is 42.8 Å². The van der Waals surface area contributed by atoms with Gasteiger partial charge in [-0.1, -0.05) is 12.1 Å². The van der Waals surface area contributed by atoms with E-state index in [-0.39, 0.29) is 11.7 Å². The van der Waals surface area contributed by atoms with Gasteiger partial charge >= 0.3 is 0 Å². The second-order valence-corrected chi connectivity index (χ2v) is 9.36. The van der Waals surface area contributed by atoms with Crippen LogP contribution in [0.4, 0.5) is 14.6 Å². The van der Waals surface area contributed by atoms with Crippen LogP contribution in [0.1, 0.15) is 12.5 Å². The number of anilines is 1. The van der Waals surface area contributed by atoms with E-state index in [2.05, 4.69) is 15.0 Å². The maximum Gasteiger partial charge on any atom is 0.219 e. The summed E-state index contributed by atoms with van der Waals surface area (Å²) in [4.78, 5) is 20.3. The van der Waals surface area contributed by atoms with Gasteiger partial charge in [-0.25, -0.2) is 18.7 Å². The van der Waals surface area contributed by atoms with Crippen LogP contribution in [0.2, 0.25) is 0 Å². The number of hydrogen-bond acceptors (Lipinski definition) is 5. The van der Waals surface area contributed by atoms with E-state index >= 15 is 4.39 Å². The number of pyridine rings is 1. The summed E-state index contributed by atoms with van der Waals surface area (Å²) in [6, 6.07) is 12.1. The number of hydrogen-bond donors (Lipinski definition) is 0. The molecule has 10 heteroatoms. The monoisotopic (exact) mass is 501 g/mol. The topological polar surface area (TPSA) is 72.1 Å². The molecule has 1 aliphatic rings. The molecule has 2 aromatic carbocycles. The number of piperazine rings is 1. The van der Waals surface area contributed by atoms with Crippen molar-refractivity contribution in [1.82, 2.24) is 29.4 Å². The SMILES string of the molecule is CC(=O)N1CCN(c2ccc(-n3nc(-c4cccc5nn(C)c(F)c45)c4cc(F)cc(C)c43)cn2)CC1. The summed E-state index contributed by atoms with van der Waals surface area (Å²) in [5.74, 6) is 0.0340. The molecule has 0 unspecified atom stereocenters. The molecular weight excluding hydrogens is 476 g/mol. The molecule has 0 spiro atoms. The van der Waals surface area contributed by atoms with Crippen molar-refractivity contribution < 1.29 is 13.6 Å². The number of rotatable bonds is 3. The highest BCUT2D eigenvalue weighted by molar-refractivity contribution is 6.03. The zero-order valence-corrected chi connectivity index (χ0v) is 20.7. The first-order valence-electron chi connectivity index (χ1n) is 12.1. The fourth-order valence-electron chi connectivity index (χ4n) is 5.13. The van der Waals surface area contributed by atoms with Crippen LogP contribution in [0.25, 0.3) is 38.8 Å². The summed E-state index contributed by atoms with van der Waals surface area (Å²) < 4.78 is 32.5. The Balaban J connectivity index is 1.45. The summed E-state index contributed by atoms with van der Waals surface area (Å²) in [7, 11) is 1.55. The fourth-order valence-corrected chi connectivity index (χ4v) is 5.13. The smallest absolute Gasteiger partial charge is 0.219 e. The summed E-state index contributed by atoms with van der Waals surface area (Å²) in [6.07, 6.45) is 1.73. The standard InChI is InChI=1S/C27H25F2N7O/c1-16-13-18(28)14-21-25(20-5-4-6-22-24(20)27(29)33(3)31-22)32-36(26(16)21)19-7-8-23(30-15-19)35-11-9-34(10-12-35)17(2)37/h4-8,13-15H,9-12H2,1-3H3. The van der Waals surface area contributed by atoms with Gasteiger partial charge in [-0.3, -0.25) is 4.79 Å². The molecule has 8 nitrogen and oxygen atoms in total. The van der Waals surface area contributed by atoms with Crippen molar-refractivity contribution in [2.45, 2.75) is 13.8 Å². The van der Waals surface area contributed by atoms with Crippen molar-refractivity contribution in [1.29, 1.82) is 0 Å². The number of nitrogens with zero attached hydrogens (tertiary/aromatic N) is 7. The van der Waals surface area contributed by atoms with Crippen molar-refractivity contribution in [3.63, 3.8) is 0 Å². The van der Waals surface area contributed by atoms with Crippen molar-refractivity contribution in [2.24, 2.45) is 7.05 Å². The van der Waals surface area contributed by atoms with Crippen LogP contribution in [-0.2, 0) is 11.8 Å². The van der Waals surface area contributed by atoms with Crippen molar-refractivity contribution >= 4 is 33.5 Å². The Hall–Kier alpha value is -4.34. The van der Waals surface area contributed by atoms with E-state index in [1.165, 1.54) is 16.8 Å². The predicted octanol–water partition coefficient (Wildman–Crippen LogP) is 4.23. The minimum absolute atomic E-state index is 0.0815. The molecule has 0 atom stereocenters. The van der Waals surface area contributed by atoms with Crippen LogP contribution in [0.15, 0.2) is 48.7 Å². The molecule has 5 aromatic rings. The van der Waals surface area contributed by atoms with Crippen LogP contribution < -0.4 is 4.90 Å². The molecule has 3 aromatic heterocycles. The molecule has 188 valence electrons. The largest absolute Gasteiger partial charge is 0.353 e. The Morgan fingerprint density at radius 2 is 1.78 bits per heavy atom. The molecule has 0 saturated carbocycles. The van der Waals surface area contributed by atoms with Gasteiger partial charge in [0.2, 0.25) is 11.9 Å². The first-order valence-corrected chi connectivity index (χ1v) is 12.1. The molecule has 0 bridgehead atoms. The number of carbonyl (C=O) groups is 1. The summed E-state index contributed by atoms with van der Waals surface area (Å²) in [6.45, 7) is 6.15. The van der Waals surface area contributed by atoms with E-state index in [0.717, 1.165) is 11.3 Å². The molecule has 0 N–H and O–H groups in total. The molecule has 1 fully saturated rings. The van der Waals surface area contributed by atoms with Gasteiger partial charge in [-0.2, -0.15) is 14.6 Å². The number of fused-ring (bicyclic) bond motifs is 2. The third kappa shape index (κ3) is 3.80. The van der Waals surface area contributed by atoms with Gasteiger partial charge in [0.15, 0.2) is 0 Å². The van der Waals surface area contributed by atoms with Crippen molar-refractivity contribution in [3.05, 3.63) is 66.0 Å². The quantitative estimate of drug-likeness (QED) is 0.370. The second-order valence-electron chi connectivity index (χ2n) is 9.36. The molecule has 37 heavy (non-hydrogen) atoms. The number of aromatic nitrogens is 5. The highest BCUT2D eigenvalue weighted by Crippen LogP contribution is 2.37. The van der Waals surface area contributed by atoms with Gasteiger partial charge in [-0.15, -0.1) is 0 Å². The van der Waals surface area contributed by atoms with Crippen molar-refractivity contribution in [2.75, 3.05) is 31.1 Å². The lowest BCUT2D eigenvalue weighted by atomic mass is 10.0. The number of benzene rings is 2. The average Bonchev–Trinajstić information content (AvgIpc) is 3.41. The molecular formula is C27H25F2N7O. The predicted molar refractivity (Wildman–Crippen MR) is 138 cm³/mol. The Kier molecular flexibility index (Phi) is 5.40. The summed E-state index contributed by atoms with van der Waals surface area (Å²) >= 11 is 0. The van der Waals surface area contributed by atoms with Crippen LogP contribution in [0.3, 0.4) is 0 Å². The highest BCUT2D eigenvalue weighted by Gasteiger charge is 2.23. The average molecular weight is 502 g/mol. The maximum atomic E-state index is 15.0. The minimum atomic E-state index is -0.475. The molecule has 1 aliphatic heterocycles. The number of carbonyl (C=O) groups excluding carboxylic acids is 1. The van der Waals surface area contributed by atoms with E-state index in [0.29, 0.717) is 65.0 Å². The lowest BCUT2D eigenvalue weighted by Crippen LogP contribution is -2.48. The first kappa shape index (κ1) is 23.1. The third-order valence-corrected chi connectivity index (χ3v) is 7.00. The molecule has 4 heterocycles. The Labute approximate surface area is 211 Å². The zero-order chi connectivity index (χ0) is 25.8. The van der Waals surface area contributed by atoms with Gasteiger partial charge in [0.1, 0.15) is 17.3 Å². The first-order chi connectivity index (χ1) is 17.8. The van der Waals surface area contributed by atoms with Crippen LogP contribution in [0.5, 0.6) is 0 Å². The van der Waals surface area contributed by atoms with Crippen LogP contribution >= 0.6 is 0 Å². The Morgan fingerprint density at radius 1 is 1.00 bits per heavy atom. The van der Waals surface area contributed by atoms with Gasteiger partial charge in [0.05, 0.1) is 28.3 Å². The lowest BCUT2D eigenvalue weighted by molar-refractivity contribution is -0.129. The molecule has 6 rings (SSSR count). The van der Waals surface area contributed by atoms with E-state index in [1.54, 1.807) is 43.0 Å². The van der Waals surface area contributed by atoms with Gasteiger partial charge < -0.3 is 9.80 Å². The zero-order valence-electron chi connectivity index (χ0n) is 20.7. The third-order valence-electron chi connectivity index (χ3n) is 7.00. The molecule has 1 amide bonds. The van der Waals surface area contributed by atoms with Crippen LogP contribution in [-0.4, -0.2) is 61.5 Å². The maximum absolute atomic E-state index is 15.0. The van der Waals surface area contributed by atoms with E-state index in [1.807, 2.05) is 24.0 Å². The number of halogens is 2. The Morgan fingerprint density at radius 3 is 2.49 bits per heavy atom. The summed E-state index contributed by atoms with van der Waals surface area (Å²) in [5, 5.41) is 10.0. The lowest BCUT2D eigenvalue weighted by Gasteiger charge is -2.34. The van der Waals surface area contributed by atoms with Crippen LogP contribution in [0, 0.1) is 18.7 Å². The number of aryl methyl sites for hydroxylation is 2. The fraction of sp³-hybridized carbons (Fsp3) is 0.259. The van der Waals surface area contributed by atoms with E-state index in [9.17, 15) is 9.18 Å². The van der Waals surface area contributed by atoms with Gasteiger partial charge in [0, 0.05) is 51.1 Å². The Bertz CT molecular complexity index is 1660. The molecule has 0 aliphatic carbocycles. The normalized spacial score (nSPS) is 14.2. The highest BCUT2D eigenvalue weighted by atomic mass is 19.1.